The number of nitrogens with one attached hydrogen (secondary N) is 4. The first kappa shape index (κ1) is 28.7. The fourth-order valence-corrected chi connectivity index (χ4v) is 2.85. The summed E-state index contributed by atoms with van der Waals surface area (Å²) >= 11 is 3.90. The second-order valence-electron chi connectivity index (χ2n) is 7.22. The number of aromatic amines is 1. The Bertz CT molecular complexity index is 847. The number of aliphatic hydroxyl groups excluding tert-OH is 1. The number of thiol groups is 1. The molecule has 0 bridgehead atoms. The molecule has 34 heavy (non-hydrogen) atoms. The highest BCUT2D eigenvalue weighted by atomic mass is 32.1. The molecule has 0 fully saturated rings. The van der Waals surface area contributed by atoms with Crippen LogP contribution in [0.1, 0.15) is 18.5 Å². The van der Waals surface area contributed by atoms with Gasteiger partial charge < -0.3 is 48.3 Å². The first-order valence-electron chi connectivity index (χ1n) is 10.2. The Morgan fingerprint density at radius 3 is 2.24 bits per heavy atom. The number of aliphatic carboxylic acids is 1. The molecule has 3 amide bonds. The van der Waals surface area contributed by atoms with E-state index in [2.05, 4.69) is 43.5 Å². The Kier molecular flexibility index (Phi) is 12.4. The van der Waals surface area contributed by atoms with Gasteiger partial charge in [0.05, 0.1) is 19.0 Å². The van der Waals surface area contributed by atoms with Crippen molar-refractivity contribution in [1.82, 2.24) is 25.9 Å². The van der Waals surface area contributed by atoms with Crippen molar-refractivity contribution in [2.75, 3.05) is 18.9 Å². The van der Waals surface area contributed by atoms with E-state index < -0.39 is 54.5 Å². The highest BCUT2D eigenvalue weighted by molar-refractivity contribution is 7.80. The third-order valence-electron chi connectivity index (χ3n) is 4.52. The molecule has 1 aromatic rings. The molecule has 0 aromatic carbocycles. The molecule has 0 saturated heterocycles. The van der Waals surface area contributed by atoms with Gasteiger partial charge in [0.15, 0.2) is 5.96 Å². The number of rotatable bonds is 15. The van der Waals surface area contributed by atoms with Gasteiger partial charge in [-0.3, -0.25) is 19.4 Å². The molecular weight excluding hydrogens is 470 g/mol. The van der Waals surface area contributed by atoms with Crippen molar-refractivity contribution in [3.05, 3.63) is 18.2 Å². The molecule has 4 atom stereocenters. The molecule has 190 valence electrons. The van der Waals surface area contributed by atoms with Gasteiger partial charge in [-0.1, -0.05) is 0 Å². The van der Waals surface area contributed by atoms with Gasteiger partial charge in [-0.2, -0.15) is 12.6 Å². The van der Waals surface area contributed by atoms with Crippen LogP contribution in [0.15, 0.2) is 17.5 Å². The largest absolute Gasteiger partial charge is 0.480 e. The van der Waals surface area contributed by atoms with Crippen molar-refractivity contribution in [1.29, 1.82) is 0 Å². The van der Waals surface area contributed by atoms with E-state index in [0.717, 1.165) is 0 Å². The van der Waals surface area contributed by atoms with Gasteiger partial charge in [-0.25, -0.2) is 9.78 Å². The Morgan fingerprint density at radius 2 is 1.71 bits per heavy atom. The van der Waals surface area contributed by atoms with Crippen LogP contribution in [0.2, 0.25) is 0 Å². The van der Waals surface area contributed by atoms with E-state index in [1.165, 1.54) is 12.5 Å². The maximum absolute atomic E-state index is 12.9. The fraction of sp³-hybridized carbons (Fsp3) is 0.556. The number of carbonyl (C=O) groups excluding carboxylic acids is 3. The van der Waals surface area contributed by atoms with Crippen LogP contribution in [0.5, 0.6) is 0 Å². The van der Waals surface area contributed by atoms with E-state index in [1.54, 1.807) is 0 Å². The smallest absolute Gasteiger partial charge is 0.326 e. The average Bonchev–Trinajstić information content (AvgIpc) is 3.30. The molecule has 0 saturated carbocycles. The molecule has 0 aliphatic rings. The van der Waals surface area contributed by atoms with Gasteiger partial charge >= 0.3 is 5.97 Å². The summed E-state index contributed by atoms with van der Waals surface area (Å²) in [6, 6.07) is -4.93. The molecular formula is C18H31N9O6S. The summed E-state index contributed by atoms with van der Waals surface area (Å²) in [4.78, 5) is 59.5. The number of carbonyl (C=O) groups is 4. The van der Waals surface area contributed by atoms with Crippen molar-refractivity contribution in [2.45, 2.75) is 43.4 Å². The van der Waals surface area contributed by atoms with Gasteiger partial charge in [-0.05, 0) is 12.8 Å². The molecule has 1 aromatic heterocycles. The quantitative estimate of drug-likeness (QED) is 0.0479. The minimum absolute atomic E-state index is 0.0101. The van der Waals surface area contributed by atoms with E-state index in [-0.39, 0.29) is 37.5 Å². The van der Waals surface area contributed by atoms with E-state index in [1.807, 2.05) is 0 Å². The van der Waals surface area contributed by atoms with Crippen LogP contribution >= 0.6 is 12.6 Å². The molecule has 12 N–H and O–H groups in total. The number of hydrogen-bond donors (Lipinski definition) is 10. The lowest BCUT2D eigenvalue weighted by molar-refractivity contribution is -0.142. The molecule has 1 heterocycles. The lowest BCUT2D eigenvalue weighted by atomic mass is 10.1. The summed E-state index contributed by atoms with van der Waals surface area (Å²) in [6.07, 6.45) is 3.02. The third kappa shape index (κ3) is 10.1. The second-order valence-corrected chi connectivity index (χ2v) is 7.59. The van der Waals surface area contributed by atoms with Crippen molar-refractivity contribution in [2.24, 2.45) is 22.2 Å². The standard InChI is InChI=1S/C18H31N9O6S/c19-10(7-34)14(29)27-13(6-28)16(31)26-12(4-9-5-22-8-24-9)15(30)25-11(17(32)33)2-1-3-23-18(20)21/h5,8,10-13,28,34H,1-4,6-7,19H2,(H,22,24)(H,25,30)(H,26,31)(H,27,29)(H,32,33)(H4,20,21,23). The number of carboxylic acids is 1. The highest BCUT2D eigenvalue weighted by Crippen LogP contribution is 2.04. The maximum Gasteiger partial charge on any atom is 0.326 e. The number of carboxylic acid groups (broad SMARTS) is 1. The van der Waals surface area contributed by atoms with Crippen molar-refractivity contribution < 1.29 is 29.4 Å². The number of hydrogen-bond acceptors (Lipinski definition) is 9. The van der Waals surface area contributed by atoms with Crippen molar-refractivity contribution in [3.63, 3.8) is 0 Å². The molecule has 0 radical (unpaired) electrons. The number of nitrogens with zero attached hydrogens (tertiary/aromatic N) is 2. The number of aliphatic imine (C=N–C) groups is 1. The van der Waals surface area contributed by atoms with Crippen LogP contribution in [0.3, 0.4) is 0 Å². The normalized spacial score (nSPS) is 14.2. The fourth-order valence-electron chi connectivity index (χ4n) is 2.69. The third-order valence-corrected chi connectivity index (χ3v) is 4.91. The summed E-state index contributed by atoms with van der Waals surface area (Å²) in [6.45, 7) is -0.597. The first-order valence-corrected chi connectivity index (χ1v) is 10.9. The lowest BCUT2D eigenvalue weighted by Crippen LogP contribution is -2.58. The van der Waals surface area contributed by atoms with Gasteiger partial charge in [0.25, 0.3) is 0 Å². The van der Waals surface area contributed by atoms with Crippen LogP contribution in [-0.2, 0) is 25.6 Å². The number of nitrogens with two attached hydrogens (primary N) is 3. The Hall–Kier alpha value is -3.37. The highest BCUT2D eigenvalue weighted by Gasteiger charge is 2.30. The Morgan fingerprint density at radius 1 is 1.09 bits per heavy atom. The van der Waals surface area contributed by atoms with Gasteiger partial charge in [0.2, 0.25) is 17.7 Å². The van der Waals surface area contributed by atoms with Crippen LogP contribution < -0.4 is 33.2 Å². The summed E-state index contributed by atoms with van der Waals surface area (Å²) in [7, 11) is 0. The average molecular weight is 502 g/mol. The van der Waals surface area contributed by atoms with Crippen LogP contribution in [-0.4, -0.2) is 92.9 Å². The zero-order chi connectivity index (χ0) is 25.7. The number of imidazole rings is 1. The zero-order valence-electron chi connectivity index (χ0n) is 18.3. The van der Waals surface area contributed by atoms with Crippen LogP contribution in [0, 0.1) is 0 Å². The Balaban J connectivity index is 2.92. The SMILES string of the molecule is NC(N)=NCCCC(NC(=O)C(Cc1cnc[nH]1)NC(=O)C(CO)NC(=O)C(N)CS)C(=O)O. The minimum atomic E-state index is -1.40. The van der Waals surface area contributed by atoms with Crippen molar-refractivity contribution >= 4 is 42.3 Å². The molecule has 0 aliphatic heterocycles. The minimum Gasteiger partial charge on any atom is -0.480 e. The number of aliphatic hydroxyl groups is 1. The summed E-state index contributed by atoms with van der Waals surface area (Å²) in [5.41, 5.74) is 16.5. The number of amides is 3. The number of guanidine groups is 1. The molecule has 0 spiro atoms. The first-order chi connectivity index (χ1) is 16.1. The van der Waals surface area contributed by atoms with E-state index in [9.17, 15) is 29.4 Å². The summed E-state index contributed by atoms with van der Waals surface area (Å²) < 4.78 is 0. The topological polar surface area (TPSA) is 264 Å². The predicted molar refractivity (Wildman–Crippen MR) is 125 cm³/mol. The van der Waals surface area contributed by atoms with E-state index >= 15 is 0 Å². The molecule has 1 rings (SSSR count). The lowest BCUT2D eigenvalue weighted by Gasteiger charge is -2.24. The number of aromatic nitrogens is 2. The van der Waals surface area contributed by atoms with Crippen LogP contribution in [0.25, 0.3) is 0 Å². The molecule has 4 unspecified atom stereocenters. The van der Waals surface area contributed by atoms with Crippen LogP contribution in [0.4, 0.5) is 0 Å². The van der Waals surface area contributed by atoms with Crippen molar-refractivity contribution in [3.8, 4) is 0 Å². The maximum atomic E-state index is 12.9. The van der Waals surface area contributed by atoms with Gasteiger partial charge in [-0.15, -0.1) is 0 Å². The van der Waals surface area contributed by atoms with E-state index in [4.69, 9.17) is 17.2 Å². The molecule has 0 aliphatic carbocycles. The second kappa shape index (κ2) is 14.7. The monoisotopic (exact) mass is 501 g/mol. The summed E-state index contributed by atoms with van der Waals surface area (Å²) in [5.74, 6) is -3.81. The number of H-pyrrole nitrogens is 1. The molecule has 15 nitrogen and oxygen atoms in total. The van der Waals surface area contributed by atoms with Gasteiger partial charge in [0, 0.05) is 30.6 Å². The Labute approximate surface area is 200 Å². The van der Waals surface area contributed by atoms with E-state index in [0.29, 0.717) is 5.69 Å². The molecule has 16 heteroatoms. The predicted octanol–water partition coefficient (Wildman–Crippen LogP) is -4.21. The summed E-state index contributed by atoms with van der Waals surface area (Å²) in [5, 5.41) is 26.0. The zero-order valence-corrected chi connectivity index (χ0v) is 19.2. The van der Waals surface area contributed by atoms with Gasteiger partial charge in [0.1, 0.15) is 18.1 Å².